The summed E-state index contributed by atoms with van der Waals surface area (Å²) < 4.78 is 5.16. The third-order valence-electron chi connectivity index (χ3n) is 2.71. The minimum Gasteiger partial charge on any atom is -0.443 e. The van der Waals surface area contributed by atoms with Gasteiger partial charge >= 0.3 is 0 Å². The SMILES string of the molecule is N#Cc1ccnc(C(=O)Nc2ccc3ncoc3c2)c1. The molecule has 96 valence electrons. The summed E-state index contributed by atoms with van der Waals surface area (Å²) in [7, 11) is 0. The predicted molar refractivity (Wildman–Crippen MR) is 70.9 cm³/mol. The molecule has 2 aromatic heterocycles. The number of nitrogens with zero attached hydrogens (tertiary/aromatic N) is 3. The molecule has 2 heterocycles. The molecule has 0 fully saturated rings. The minimum atomic E-state index is -0.388. The van der Waals surface area contributed by atoms with Gasteiger partial charge in [-0.1, -0.05) is 0 Å². The van der Waals surface area contributed by atoms with Crippen LogP contribution in [0.3, 0.4) is 0 Å². The summed E-state index contributed by atoms with van der Waals surface area (Å²) in [5.41, 5.74) is 2.44. The summed E-state index contributed by atoms with van der Waals surface area (Å²) in [6.07, 6.45) is 2.77. The van der Waals surface area contributed by atoms with Gasteiger partial charge < -0.3 is 9.73 Å². The Kier molecular flexibility index (Phi) is 2.86. The van der Waals surface area contributed by atoms with Gasteiger partial charge in [-0.15, -0.1) is 0 Å². The van der Waals surface area contributed by atoms with Crippen molar-refractivity contribution in [1.82, 2.24) is 9.97 Å². The number of benzene rings is 1. The third-order valence-corrected chi connectivity index (χ3v) is 2.71. The maximum Gasteiger partial charge on any atom is 0.274 e. The Morgan fingerprint density at radius 1 is 1.25 bits per heavy atom. The van der Waals surface area contributed by atoms with Crippen molar-refractivity contribution in [2.24, 2.45) is 0 Å². The monoisotopic (exact) mass is 264 g/mol. The molecule has 0 aliphatic heterocycles. The second kappa shape index (κ2) is 4.82. The molecule has 1 N–H and O–H groups in total. The number of nitrogens with one attached hydrogen (secondary N) is 1. The lowest BCUT2D eigenvalue weighted by molar-refractivity contribution is 0.102. The Morgan fingerprint density at radius 3 is 3.00 bits per heavy atom. The number of fused-ring (bicyclic) bond motifs is 1. The molecule has 0 bridgehead atoms. The van der Waals surface area contributed by atoms with Crippen LogP contribution in [0.25, 0.3) is 11.1 Å². The van der Waals surface area contributed by atoms with Crippen LogP contribution in [-0.4, -0.2) is 15.9 Å². The Balaban J connectivity index is 1.86. The maximum atomic E-state index is 12.0. The van der Waals surface area contributed by atoms with Crippen molar-refractivity contribution in [3.05, 3.63) is 54.2 Å². The van der Waals surface area contributed by atoms with E-state index in [1.165, 1.54) is 24.7 Å². The normalized spacial score (nSPS) is 10.2. The van der Waals surface area contributed by atoms with Gasteiger partial charge in [0, 0.05) is 18.0 Å². The first-order chi connectivity index (χ1) is 9.76. The molecule has 0 unspecified atom stereocenters. The van der Waals surface area contributed by atoms with Crippen LogP contribution < -0.4 is 5.32 Å². The average Bonchev–Trinajstić information content (AvgIpc) is 2.95. The van der Waals surface area contributed by atoms with Crippen molar-refractivity contribution in [1.29, 1.82) is 5.26 Å². The summed E-state index contributed by atoms with van der Waals surface area (Å²) in [5.74, 6) is -0.388. The number of anilines is 1. The van der Waals surface area contributed by atoms with E-state index in [0.29, 0.717) is 22.4 Å². The average molecular weight is 264 g/mol. The second-order valence-electron chi connectivity index (χ2n) is 4.03. The molecular formula is C14H8N4O2. The van der Waals surface area contributed by atoms with Crippen molar-refractivity contribution in [3.63, 3.8) is 0 Å². The highest BCUT2D eigenvalue weighted by molar-refractivity contribution is 6.03. The molecule has 1 aromatic carbocycles. The van der Waals surface area contributed by atoms with E-state index in [0.717, 1.165) is 0 Å². The topological polar surface area (TPSA) is 91.8 Å². The second-order valence-corrected chi connectivity index (χ2v) is 4.03. The van der Waals surface area contributed by atoms with Crippen LogP contribution in [0.2, 0.25) is 0 Å². The predicted octanol–water partition coefficient (Wildman–Crippen LogP) is 2.35. The molecule has 0 saturated carbocycles. The number of amides is 1. The van der Waals surface area contributed by atoms with E-state index in [9.17, 15) is 4.79 Å². The lowest BCUT2D eigenvalue weighted by Crippen LogP contribution is -2.13. The summed E-state index contributed by atoms with van der Waals surface area (Å²) >= 11 is 0. The zero-order valence-corrected chi connectivity index (χ0v) is 10.2. The summed E-state index contributed by atoms with van der Waals surface area (Å²) in [6.45, 7) is 0. The molecule has 0 aliphatic rings. The van der Waals surface area contributed by atoms with Gasteiger partial charge in [0.15, 0.2) is 12.0 Å². The van der Waals surface area contributed by atoms with Gasteiger partial charge in [0.2, 0.25) is 0 Å². The van der Waals surface area contributed by atoms with Crippen LogP contribution >= 0.6 is 0 Å². The third kappa shape index (κ3) is 2.20. The van der Waals surface area contributed by atoms with Crippen molar-refractivity contribution < 1.29 is 9.21 Å². The van der Waals surface area contributed by atoms with Gasteiger partial charge in [-0.2, -0.15) is 5.26 Å². The van der Waals surface area contributed by atoms with E-state index in [-0.39, 0.29) is 11.6 Å². The molecule has 6 nitrogen and oxygen atoms in total. The van der Waals surface area contributed by atoms with Crippen molar-refractivity contribution >= 4 is 22.7 Å². The number of rotatable bonds is 2. The molecule has 3 rings (SSSR count). The number of hydrogen-bond acceptors (Lipinski definition) is 5. The van der Waals surface area contributed by atoms with Crippen molar-refractivity contribution in [2.75, 3.05) is 5.32 Å². The van der Waals surface area contributed by atoms with Gasteiger partial charge in [0.05, 0.1) is 11.6 Å². The number of pyridine rings is 1. The van der Waals surface area contributed by atoms with E-state index < -0.39 is 0 Å². The fraction of sp³-hybridized carbons (Fsp3) is 0. The molecular weight excluding hydrogens is 256 g/mol. The zero-order chi connectivity index (χ0) is 13.9. The Labute approximate surface area is 113 Å². The molecule has 0 saturated heterocycles. The van der Waals surface area contributed by atoms with Gasteiger partial charge in [0.1, 0.15) is 11.2 Å². The Morgan fingerprint density at radius 2 is 2.15 bits per heavy atom. The number of carbonyl (C=O) groups is 1. The lowest BCUT2D eigenvalue weighted by atomic mass is 10.2. The van der Waals surface area contributed by atoms with Crippen LogP contribution in [0, 0.1) is 11.3 Å². The Hall–Kier alpha value is -3.20. The van der Waals surface area contributed by atoms with E-state index in [4.69, 9.17) is 9.68 Å². The summed E-state index contributed by atoms with van der Waals surface area (Å²) in [4.78, 5) is 20.0. The van der Waals surface area contributed by atoms with Crippen LogP contribution in [0.5, 0.6) is 0 Å². The van der Waals surface area contributed by atoms with E-state index in [1.54, 1.807) is 18.2 Å². The maximum absolute atomic E-state index is 12.0. The van der Waals surface area contributed by atoms with Crippen LogP contribution in [-0.2, 0) is 0 Å². The molecule has 1 amide bonds. The molecule has 0 spiro atoms. The van der Waals surface area contributed by atoms with Crippen LogP contribution in [0.15, 0.2) is 47.3 Å². The molecule has 3 aromatic rings. The van der Waals surface area contributed by atoms with Crippen LogP contribution in [0.1, 0.15) is 16.1 Å². The fourth-order valence-electron chi connectivity index (χ4n) is 1.75. The number of nitriles is 1. The highest BCUT2D eigenvalue weighted by Crippen LogP contribution is 2.18. The molecule has 0 radical (unpaired) electrons. The molecule has 0 atom stereocenters. The smallest absolute Gasteiger partial charge is 0.274 e. The fourth-order valence-corrected chi connectivity index (χ4v) is 1.75. The van der Waals surface area contributed by atoms with Crippen molar-refractivity contribution in [3.8, 4) is 6.07 Å². The van der Waals surface area contributed by atoms with Crippen molar-refractivity contribution in [2.45, 2.75) is 0 Å². The molecule has 20 heavy (non-hydrogen) atoms. The number of aromatic nitrogens is 2. The largest absolute Gasteiger partial charge is 0.443 e. The molecule has 0 aliphatic carbocycles. The lowest BCUT2D eigenvalue weighted by Gasteiger charge is -2.04. The number of hydrogen-bond donors (Lipinski definition) is 1. The number of oxazole rings is 1. The minimum absolute atomic E-state index is 0.182. The highest BCUT2D eigenvalue weighted by Gasteiger charge is 2.09. The van der Waals surface area contributed by atoms with E-state index in [1.807, 2.05) is 6.07 Å². The van der Waals surface area contributed by atoms with E-state index >= 15 is 0 Å². The quantitative estimate of drug-likeness (QED) is 0.767. The standard InChI is InChI=1S/C14H8N4O2/c15-7-9-3-4-16-12(5-9)14(19)18-10-1-2-11-13(6-10)20-8-17-11/h1-6,8H,(H,18,19). The summed E-state index contributed by atoms with van der Waals surface area (Å²) in [6, 6.07) is 10.1. The number of carbonyl (C=O) groups excluding carboxylic acids is 1. The highest BCUT2D eigenvalue weighted by atomic mass is 16.3. The molecule has 6 heteroatoms. The first-order valence-corrected chi connectivity index (χ1v) is 5.77. The van der Waals surface area contributed by atoms with Gasteiger partial charge in [-0.3, -0.25) is 9.78 Å². The van der Waals surface area contributed by atoms with Crippen LogP contribution in [0.4, 0.5) is 5.69 Å². The van der Waals surface area contributed by atoms with E-state index in [2.05, 4.69) is 15.3 Å². The van der Waals surface area contributed by atoms with Gasteiger partial charge in [-0.05, 0) is 24.3 Å². The first kappa shape index (κ1) is 11.9. The Bertz CT molecular complexity index is 832. The zero-order valence-electron chi connectivity index (χ0n) is 10.2. The first-order valence-electron chi connectivity index (χ1n) is 5.77. The van der Waals surface area contributed by atoms with Gasteiger partial charge in [0.25, 0.3) is 5.91 Å². The van der Waals surface area contributed by atoms with Gasteiger partial charge in [-0.25, -0.2) is 4.98 Å². The summed E-state index contributed by atoms with van der Waals surface area (Å²) in [5, 5.41) is 11.5.